The van der Waals surface area contributed by atoms with Gasteiger partial charge in [0.2, 0.25) is 5.91 Å². The highest BCUT2D eigenvalue weighted by Crippen LogP contribution is 2.15. The van der Waals surface area contributed by atoms with Crippen LogP contribution in [0.15, 0.2) is 54.6 Å². The van der Waals surface area contributed by atoms with E-state index in [9.17, 15) is 9.18 Å². The maximum Gasteiger partial charge on any atom is 0.243 e. The lowest BCUT2D eigenvalue weighted by Gasteiger charge is -2.21. The van der Waals surface area contributed by atoms with Crippen molar-refractivity contribution in [2.75, 3.05) is 11.9 Å². The highest BCUT2D eigenvalue weighted by Gasteiger charge is 2.19. The average molecular weight is 286 g/mol. The number of likely N-dealkylation sites (N-methyl/N-ethyl adjacent to an activating group) is 1. The van der Waals surface area contributed by atoms with Gasteiger partial charge in [-0.05, 0) is 36.6 Å². The summed E-state index contributed by atoms with van der Waals surface area (Å²) in [7, 11) is 1.61. The van der Waals surface area contributed by atoms with Crippen LogP contribution >= 0.6 is 0 Å². The summed E-state index contributed by atoms with van der Waals surface area (Å²) in [5.74, 6) is -0.582. The standard InChI is InChI=1S/C17H19FN2O/c1-20(15-9-5-8-14(18)12-15)17(21)16(19)11-10-13-6-3-2-4-7-13/h2-9,12,16H,10-11,19H2,1H3/t16-/m0/s1. The second-order valence-corrected chi connectivity index (χ2v) is 5.01. The number of halogens is 1. The molecule has 2 aromatic rings. The highest BCUT2D eigenvalue weighted by atomic mass is 19.1. The first-order chi connectivity index (χ1) is 10.1. The number of benzene rings is 2. The van der Waals surface area contributed by atoms with Crippen molar-refractivity contribution in [2.24, 2.45) is 5.73 Å². The summed E-state index contributed by atoms with van der Waals surface area (Å²) in [5.41, 5.74) is 7.61. The van der Waals surface area contributed by atoms with Crippen molar-refractivity contribution in [3.05, 3.63) is 66.0 Å². The van der Waals surface area contributed by atoms with E-state index < -0.39 is 6.04 Å². The predicted octanol–water partition coefficient (Wildman–Crippen LogP) is 2.75. The lowest BCUT2D eigenvalue weighted by molar-refractivity contribution is -0.119. The first-order valence-corrected chi connectivity index (χ1v) is 6.90. The van der Waals surface area contributed by atoms with Gasteiger partial charge in [-0.25, -0.2) is 4.39 Å². The number of nitrogens with zero attached hydrogens (tertiary/aromatic N) is 1. The molecule has 0 aromatic heterocycles. The molecule has 21 heavy (non-hydrogen) atoms. The maximum absolute atomic E-state index is 13.2. The summed E-state index contributed by atoms with van der Waals surface area (Å²) in [6.45, 7) is 0. The van der Waals surface area contributed by atoms with Gasteiger partial charge in [-0.1, -0.05) is 36.4 Å². The minimum absolute atomic E-state index is 0.212. The quantitative estimate of drug-likeness (QED) is 0.918. The Morgan fingerprint density at radius 1 is 1.19 bits per heavy atom. The smallest absolute Gasteiger partial charge is 0.243 e. The molecule has 0 aliphatic rings. The summed E-state index contributed by atoms with van der Waals surface area (Å²) >= 11 is 0. The zero-order valence-electron chi connectivity index (χ0n) is 12.0. The largest absolute Gasteiger partial charge is 0.320 e. The van der Waals surface area contributed by atoms with Crippen molar-refractivity contribution in [1.29, 1.82) is 0 Å². The summed E-state index contributed by atoms with van der Waals surface area (Å²) < 4.78 is 13.2. The number of aryl methyl sites for hydroxylation is 1. The maximum atomic E-state index is 13.2. The number of hydrogen-bond acceptors (Lipinski definition) is 2. The normalized spacial score (nSPS) is 12.0. The third-order valence-electron chi connectivity index (χ3n) is 3.43. The Hall–Kier alpha value is -2.20. The Morgan fingerprint density at radius 3 is 2.57 bits per heavy atom. The zero-order chi connectivity index (χ0) is 15.2. The van der Waals surface area contributed by atoms with E-state index in [-0.39, 0.29) is 11.7 Å². The summed E-state index contributed by atoms with van der Waals surface area (Å²) in [5, 5.41) is 0. The number of hydrogen-bond donors (Lipinski definition) is 1. The molecule has 3 nitrogen and oxygen atoms in total. The number of nitrogens with two attached hydrogens (primary N) is 1. The molecular weight excluding hydrogens is 267 g/mol. The van der Waals surface area contributed by atoms with Gasteiger partial charge in [0.1, 0.15) is 5.82 Å². The van der Waals surface area contributed by atoms with Gasteiger partial charge in [0.15, 0.2) is 0 Å². The second kappa shape index (κ2) is 6.99. The molecule has 4 heteroatoms. The van der Waals surface area contributed by atoms with Crippen LogP contribution in [0.5, 0.6) is 0 Å². The van der Waals surface area contributed by atoms with Crippen LogP contribution in [0.1, 0.15) is 12.0 Å². The number of carbonyl (C=O) groups excluding carboxylic acids is 1. The van der Waals surface area contributed by atoms with E-state index >= 15 is 0 Å². The Balaban J connectivity index is 1.95. The average Bonchev–Trinajstić information content (AvgIpc) is 2.52. The molecule has 2 rings (SSSR count). The summed E-state index contributed by atoms with van der Waals surface area (Å²) in [4.78, 5) is 13.7. The monoisotopic (exact) mass is 286 g/mol. The van der Waals surface area contributed by atoms with Crippen LogP contribution in [0.4, 0.5) is 10.1 Å². The third kappa shape index (κ3) is 4.13. The fourth-order valence-corrected chi connectivity index (χ4v) is 2.15. The summed E-state index contributed by atoms with van der Waals surface area (Å²) in [6.07, 6.45) is 1.30. The second-order valence-electron chi connectivity index (χ2n) is 5.01. The molecule has 1 atom stereocenters. The SMILES string of the molecule is CN(C(=O)[C@@H](N)CCc1ccccc1)c1cccc(F)c1. The van der Waals surface area contributed by atoms with Gasteiger partial charge in [-0.2, -0.15) is 0 Å². The Bertz CT molecular complexity index is 601. The van der Waals surface area contributed by atoms with E-state index in [1.165, 1.54) is 17.0 Å². The topological polar surface area (TPSA) is 46.3 Å². The predicted molar refractivity (Wildman–Crippen MR) is 82.5 cm³/mol. The van der Waals surface area contributed by atoms with Crippen molar-refractivity contribution in [2.45, 2.75) is 18.9 Å². The fraction of sp³-hybridized carbons (Fsp3) is 0.235. The van der Waals surface area contributed by atoms with Gasteiger partial charge in [0.05, 0.1) is 6.04 Å². The number of carbonyl (C=O) groups is 1. The molecule has 0 unspecified atom stereocenters. The van der Waals surface area contributed by atoms with Crippen molar-refractivity contribution in [3.8, 4) is 0 Å². The van der Waals surface area contributed by atoms with Gasteiger partial charge in [0, 0.05) is 12.7 Å². The van der Waals surface area contributed by atoms with Crippen molar-refractivity contribution >= 4 is 11.6 Å². The number of rotatable bonds is 5. The van der Waals surface area contributed by atoms with Gasteiger partial charge >= 0.3 is 0 Å². The minimum Gasteiger partial charge on any atom is -0.320 e. The van der Waals surface area contributed by atoms with Crippen LogP contribution in [-0.2, 0) is 11.2 Å². The third-order valence-corrected chi connectivity index (χ3v) is 3.43. The first-order valence-electron chi connectivity index (χ1n) is 6.90. The van der Waals surface area contributed by atoms with Gasteiger partial charge in [-0.3, -0.25) is 4.79 Å². The number of amides is 1. The minimum atomic E-state index is -0.599. The van der Waals surface area contributed by atoms with Crippen molar-refractivity contribution < 1.29 is 9.18 Å². The van der Waals surface area contributed by atoms with E-state index in [0.717, 1.165) is 12.0 Å². The van der Waals surface area contributed by atoms with Gasteiger partial charge < -0.3 is 10.6 Å². The van der Waals surface area contributed by atoms with Crippen molar-refractivity contribution in [3.63, 3.8) is 0 Å². The Morgan fingerprint density at radius 2 is 1.90 bits per heavy atom. The molecule has 0 heterocycles. The molecule has 2 N–H and O–H groups in total. The molecule has 110 valence electrons. The number of anilines is 1. The van der Waals surface area contributed by atoms with E-state index in [4.69, 9.17) is 5.73 Å². The lowest BCUT2D eigenvalue weighted by atomic mass is 10.0. The van der Waals surface area contributed by atoms with Gasteiger partial charge in [-0.15, -0.1) is 0 Å². The molecule has 0 fully saturated rings. The molecule has 1 amide bonds. The van der Waals surface area contributed by atoms with Crippen LogP contribution in [0.2, 0.25) is 0 Å². The Kier molecular flexibility index (Phi) is 5.06. The molecule has 0 aliphatic carbocycles. The van der Waals surface area contributed by atoms with E-state index in [2.05, 4.69) is 0 Å². The van der Waals surface area contributed by atoms with E-state index in [1.807, 2.05) is 30.3 Å². The lowest BCUT2D eigenvalue weighted by Crippen LogP contribution is -2.42. The molecule has 0 spiro atoms. The molecule has 0 saturated carbocycles. The molecule has 2 aromatic carbocycles. The Labute approximate surface area is 124 Å². The first kappa shape index (κ1) is 15.2. The van der Waals surface area contributed by atoms with Crippen LogP contribution in [0.25, 0.3) is 0 Å². The van der Waals surface area contributed by atoms with Crippen LogP contribution < -0.4 is 10.6 Å². The van der Waals surface area contributed by atoms with E-state index in [0.29, 0.717) is 12.1 Å². The fourth-order valence-electron chi connectivity index (χ4n) is 2.15. The zero-order valence-corrected chi connectivity index (χ0v) is 12.0. The van der Waals surface area contributed by atoms with Crippen LogP contribution in [0.3, 0.4) is 0 Å². The molecule has 0 radical (unpaired) electrons. The van der Waals surface area contributed by atoms with Gasteiger partial charge in [0.25, 0.3) is 0 Å². The molecule has 0 aliphatic heterocycles. The molecular formula is C17H19FN2O. The molecule has 0 bridgehead atoms. The van der Waals surface area contributed by atoms with Crippen LogP contribution in [-0.4, -0.2) is 19.0 Å². The highest BCUT2D eigenvalue weighted by molar-refractivity contribution is 5.96. The van der Waals surface area contributed by atoms with Crippen LogP contribution in [0, 0.1) is 5.82 Å². The molecule has 0 saturated heterocycles. The van der Waals surface area contributed by atoms with E-state index in [1.54, 1.807) is 19.2 Å². The summed E-state index contributed by atoms with van der Waals surface area (Å²) in [6, 6.07) is 15.2. The van der Waals surface area contributed by atoms with Crippen molar-refractivity contribution in [1.82, 2.24) is 0 Å².